The van der Waals surface area contributed by atoms with E-state index in [0.717, 1.165) is 12.1 Å². The minimum atomic E-state index is -1.25. The zero-order chi connectivity index (χ0) is 37.0. The van der Waals surface area contributed by atoms with Crippen LogP contribution in [0.15, 0.2) is 219 Å². The third-order valence-corrected chi connectivity index (χ3v) is 21.0. The summed E-state index contributed by atoms with van der Waals surface area (Å²) in [7, 11) is -3.20. The van der Waals surface area contributed by atoms with E-state index in [0.29, 0.717) is 10.8 Å². The molecule has 0 unspecified atom stereocenters. The molecule has 8 aromatic rings. The van der Waals surface area contributed by atoms with Crippen LogP contribution in [0.25, 0.3) is 11.3 Å². The molecule has 0 aliphatic carbocycles. The monoisotopic (exact) mass is 991 g/mol. The van der Waals surface area contributed by atoms with Crippen LogP contribution in [-0.4, -0.2) is 10.1 Å². The van der Waals surface area contributed by atoms with Gasteiger partial charge in [-0.15, -0.1) is 24.5 Å². The summed E-state index contributed by atoms with van der Waals surface area (Å²) in [4.78, 5) is 3.95. The molecule has 1 nitrogen and oxygen atoms in total. The predicted octanol–water partition coefficient (Wildman–Crippen LogP) is 10.4. The second-order valence-electron chi connectivity index (χ2n) is 12.5. The third kappa shape index (κ3) is 10.8. The van der Waals surface area contributed by atoms with Crippen LogP contribution in [-0.2, 0) is 21.1 Å². The van der Waals surface area contributed by atoms with Crippen LogP contribution in [0.1, 0.15) is 0 Å². The van der Waals surface area contributed by atoms with E-state index >= 15 is 0 Å². The Labute approximate surface area is 353 Å². The summed E-state index contributed by atoms with van der Waals surface area (Å²) < 4.78 is 25.8. The first-order valence-corrected chi connectivity index (χ1v) is 22.4. The molecule has 8 heteroatoms. The molecule has 0 radical (unpaired) electrons. The maximum atomic E-state index is 13.2. The number of hydrogen-bond donors (Lipinski definition) is 0. The average molecular weight is 992 g/mol. The van der Waals surface area contributed by atoms with Gasteiger partial charge in [-0.2, -0.15) is 0 Å². The Morgan fingerprint density at radius 2 is 0.839 bits per heavy atom. The van der Waals surface area contributed by atoms with Crippen molar-refractivity contribution in [2.75, 3.05) is 0 Å². The molecule has 282 valence electrons. The van der Waals surface area contributed by atoms with E-state index in [4.69, 9.17) is 0 Å². The van der Waals surface area contributed by atoms with E-state index in [9.17, 15) is 8.78 Å². The topological polar surface area (TPSA) is 12.9 Å². The van der Waals surface area contributed by atoms with E-state index in [1.54, 1.807) is 24.4 Å². The number of benzene rings is 7. The third-order valence-electron chi connectivity index (χ3n) is 8.99. The number of hydrogen-bond acceptors (Lipinski definition) is 1. The number of aromatic nitrogens is 1. The van der Waals surface area contributed by atoms with Crippen molar-refractivity contribution in [1.82, 2.24) is 4.98 Å². The summed E-state index contributed by atoms with van der Waals surface area (Å²) in [6, 6.07) is 77.7. The molecule has 0 saturated heterocycles. The van der Waals surface area contributed by atoms with E-state index in [-0.39, 0.29) is 39.0 Å². The van der Waals surface area contributed by atoms with Gasteiger partial charge in [-0.3, -0.25) is 8.78 Å². The van der Waals surface area contributed by atoms with Crippen LogP contribution < -0.4 is 31.8 Å². The van der Waals surface area contributed by atoms with Gasteiger partial charge in [-0.25, -0.2) is 0 Å². The Bertz CT molecular complexity index is 2000. The summed E-state index contributed by atoms with van der Waals surface area (Å²) in [5.74, 6) is -1.29. The Morgan fingerprint density at radius 3 is 1.18 bits per heavy atom. The van der Waals surface area contributed by atoms with Gasteiger partial charge in [-0.05, 0) is 70.9 Å². The van der Waals surface area contributed by atoms with Crippen molar-refractivity contribution in [2.45, 2.75) is 5.14 Å². The second kappa shape index (κ2) is 21.9. The molecule has 0 amide bonds. The van der Waals surface area contributed by atoms with Gasteiger partial charge in [0, 0.05) is 46.8 Å². The molecule has 0 spiro atoms. The van der Waals surface area contributed by atoms with E-state index in [2.05, 4.69) is 193 Å². The number of nitrogens with zero attached hydrogens (tertiary/aromatic N) is 1. The zero-order valence-electron chi connectivity index (χ0n) is 30.2. The number of rotatable bonds is 10. The van der Waals surface area contributed by atoms with Crippen molar-refractivity contribution in [3.8, 4) is 11.3 Å². The predicted molar refractivity (Wildman–Crippen MR) is 239 cm³/mol. The van der Waals surface area contributed by atoms with Gasteiger partial charge in [0.1, 0.15) is 37.1 Å². The van der Waals surface area contributed by atoms with Gasteiger partial charge in [-0.1, -0.05) is 157 Å². The van der Waals surface area contributed by atoms with Gasteiger partial charge >= 0.3 is 0 Å². The summed E-state index contributed by atoms with van der Waals surface area (Å²) in [5, 5.41) is 9.30. The smallest absolute Gasteiger partial charge is 0.206 e. The fourth-order valence-electron chi connectivity index (χ4n) is 6.61. The van der Waals surface area contributed by atoms with Crippen LogP contribution in [0.4, 0.5) is 8.78 Å². The minimum absolute atomic E-state index is 0. The molecule has 8 rings (SSSR count). The van der Waals surface area contributed by atoms with Gasteiger partial charge in [0.05, 0.1) is 0 Å². The molecule has 0 aliphatic heterocycles. The van der Waals surface area contributed by atoms with E-state index in [1.807, 2.05) is 0 Å². The van der Waals surface area contributed by atoms with Crippen LogP contribution in [0.3, 0.4) is 0 Å². The molecule has 1 aromatic heterocycles. The normalized spacial score (nSPS) is 10.7. The maximum absolute atomic E-state index is 13.2. The van der Waals surface area contributed by atoms with Crippen molar-refractivity contribution in [2.24, 2.45) is 0 Å². The van der Waals surface area contributed by atoms with Crippen molar-refractivity contribution in [1.29, 1.82) is 0 Å². The maximum Gasteiger partial charge on any atom is 0.206 e. The summed E-state index contributed by atoms with van der Waals surface area (Å²) >= 11 is 0. The molecule has 0 bridgehead atoms. The molecule has 1 heterocycles. The Hall–Kier alpha value is -4.18. The Morgan fingerprint density at radius 1 is 0.482 bits per heavy atom. The molecule has 0 N–H and O–H groups in total. The molecule has 56 heavy (non-hydrogen) atoms. The standard InChI is InChI=1S/C37H31P3.C11H6F2N.ClH.Pt/c1-7-19-31(20-8-1)38(32-21-9-2-10-22-32)37(39(33-23-11-3-12-24-33)34-25-13-4-14-26-34)40(35-27-15-5-16-28-35)36-29-17-6-18-30-36;12-8-4-5-9(10(13)7-8)11-3-1-2-6-14-11;;/h1-30,37H;1-4,6-7H;1H;/q;-1;;/p+2. The van der Waals surface area contributed by atoms with Crippen LogP contribution in [0.2, 0.25) is 0 Å². The SMILES string of the molecule is Cl.Fc1c[c-]c(-c2ccccn2)c(F)c1.[Pt].c1ccc(P(c2ccccc2)C([PH+](c2ccccc2)c2ccccc2)[PH+](c2ccccc2)c2ccccc2)cc1. The van der Waals surface area contributed by atoms with Crippen LogP contribution in [0, 0.1) is 17.7 Å². The first-order chi connectivity index (χ1) is 26.7. The van der Waals surface area contributed by atoms with E-state index < -0.39 is 35.4 Å². The van der Waals surface area contributed by atoms with Crippen molar-refractivity contribution in [3.63, 3.8) is 0 Å². The zero-order valence-corrected chi connectivity index (χ0v) is 36.2. The number of halogens is 3. The van der Waals surface area contributed by atoms with Crippen molar-refractivity contribution >= 4 is 68.0 Å². The first-order valence-electron chi connectivity index (χ1n) is 17.8. The molecule has 0 saturated carbocycles. The molecule has 7 aromatic carbocycles. The fraction of sp³-hybridized carbons (Fsp3) is 0.0208. The van der Waals surface area contributed by atoms with Gasteiger partial charge in [0.2, 0.25) is 5.14 Å². The molecule has 0 fully saturated rings. The van der Waals surface area contributed by atoms with E-state index in [1.165, 1.54) is 31.8 Å². The second-order valence-corrected chi connectivity index (χ2v) is 21.4. The van der Waals surface area contributed by atoms with Crippen molar-refractivity contribution < 1.29 is 29.8 Å². The quantitative estimate of drug-likeness (QED) is 0.0983. The van der Waals surface area contributed by atoms with Crippen LogP contribution >= 0.6 is 36.2 Å². The van der Waals surface area contributed by atoms with Gasteiger partial charge in [0.25, 0.3) is 0 Å². The summed E-state index contributed by atoms with van der Waals surface area (Å²) in [5.41, 5.74) is 0.636. The van der Waals surface area contributed by atoms with Gasteiger partial charge < -0.3 is 4.98 Å². The molecule has 0 atom stereocenters. The average Bonchev–Trinajstić information content (AvgIpc) is 3.24. The van der Waals surface area contributed by atoms with Crippen molar-refractivity contribution in [3.05, 3.63) is 236 Å². The molecular weight excluding hydrogens is 952 g/mol. The Kier molecular flexibility index (Phi) is 16.8. The molecular formula is C48H40ClF2NP3Pt+. The summed E-state index contributed by atoms with van der Waals surface area (Å²) in [6.07, 6.45) is 1.55. The molecule has 0 aliphatic rings. The largest absolute Gasteiger partial charge is 0.305 e. The fourth-order valence-corrected chi connectivity index (χ4v) is 21.4. The summed E-state index contributed by atoms with van der Waals surface area (Å²) in [6.45, 7) is 0. The first kappa shape index (κ1) is 43.0. The van der Waals surface area contributed by atoms with Gasteiger partial charge in [0.15, 0.2) is 0 Å². The van der Waals surface area contributed by atoms with Crippen LogP contribution in [0.5, 0.6) is 0 Å². The Balaban J connectivity index is 0.000000317. The number of pyridine rings is 1. The minimum Gasteiger partial charge on any atom is -0.305 e.